The third kappa shape index (κ3) is 4.32. The lowest BCUT2D eigenvalue weighted by molar-refractivity contribution is -0.148. The lowest BCUT2D eigenvalue weighted by Crippen LogP contribution is -2.72. The van der Waals surface area contributed by atoms with Gasteiger partial charge in [0.25, 0.3) is 0 Å². The van der Waals surface area contributed by atoms with E-state index in [9.17, 15) is 16.8 Å². The summed E-state index contributed by atoms with van der Waals surface area (Å²) in [6.07, 6.45) is 12.1. The van der Waals surface area contributed by atoms with E-state index < -0.39 is 20.0 Å². The molecule has 2 aliphatic carbocycles. The molecular formula is C31H34Br2N2O5S2. The van der Waals surface area contributed by atoms with E-state index in [0.717, 1.165) is 36.8 Å². The fourth-order valence-corrected chi connectivity index (χ4v) is 13.4. The van der Waals surface area contributed by atoms with Gasteiger partial charge in [-0.05, 0) is 63.8 Å². The number of aryl methyl sites for hydroxylation is 2. The first-order valence-electron chi connectivity index (χ1n) is 14.4. The molecule has 5 aliphatic heterocycles. The molecule has 7 aliphatic rings. The molecule has 9 rings (SSSR count). The number of hydrogen-bond acceptors (Lipinski definition) is 5. The van der Waals surface area contributed by atoms with Crippen LogP contribution in [0.4, 0.5) is 0 Å². The molecule has 5 fully saturated rings. The minimum absolute atomic E-state index is 0.0254. The Hall–Kier alpha value is -1.34. The van der Waals surface area contributed by atoms with Crippen LogP contribution in [0.2, 0.25) is 0 Å². The van der Waals surface area contributed by atoms with Crippen LogP contribution in [-0.2, 0) is 24.8 Å². The van der Waals surface area contributed by atoms with Crippen LogP contribution >= 0.6 is 31.9 Å². The summed E-state index contributed by atoms with van der Waals surface area (Å²) in [5, 5.41) is 0. The second-order valence-corrected chi connectivity index (χ2v) is 18.2. The van der Waals surface area contributed by atoms with Gasteiger partial charge in [0.1, 0.15) is 0 Å². The molecule has 4 bridgehead atoms. The Kier molecular flexibility index (Phi) is 7.24. The van der Waals surface area contributed by atoms with Crippen LogP contribution < -0.4 is 0 Å². The third-order valence-corrected chi connectivity index (χ3v) is 16.2. The predicted molar refractivity (Wildman–Crippen MR) is 169 cm³/mol. The first-order valence-corrected chi connectivity index (χ1v) is 19.1. The van der Waals surface area contributed by atoms with E-state index in [4.69, 9.17) is 4.74 Å². The van der Waals surface area contributed by atoms with Gasteiger partial charge in [0.05, 0.1) is 43.7 Å². The SMILES string of the molecule is Cc1ccc(S(=O)(=O)N2C3C=CCC34CC=CC24)cc1.Cc1ccc(S(=O)(=O)N2C3CC4OC(CC2C4Br)C3Br)cc1. The zero-order chi connectivity index (χ0) is 29.6. The molecule has 0 saturated carbocycles. The van der Waals surface area contributed by atoms with Gasteiger partial charge in [0.2, 0.25) is 20.0 Å². The number of benzene rings is 2. The van der Waals surface area contributed by atoms with Crippen molar-refractivity contribution in [3.63, 3.8) is 0 Å². The van der Waals surface area contributed by atoms with Crippen molar-refractivity contribution < 1.29 is 21.6 Å². The second-order valence-electron chi connectivity index (χ2n) is 12.4. The highest BCUT2D eigenvalue weighted by molar-refractivity contribution is 9.09. The summed E-state index contributed by atoms with van der Waals surface area (Å²) in [4.78, 5) is 0.920. The van der Waals surface area contributed by atoms with Gasteiger partial charge in [0, 0.05) is 17.5 Å². The molecule has 0 N–H and O–H groups in total. The fourth-order valence-electron chi connectivity index (χ4n) is 7.76. The van der Waals surface area contributed by atoms with Crippen LogP contribution in [0.3, 0.4) is 0 Å². The Bertz CT molecular complexity index is 1610. The van der Waals surface area contributed by atoms with Crippen LogP contribution in [0.5, 0.6) is 0 Å². The summed E-state index contributed by atoms with van der Waals surface area (Å²) in [7, 11) is -6.89. The van der Waals surface area contributed by atoms with Crippen molar-refractivity contribution in [3.05, 3.63) is 84.0 Å². The molecule has 0 aromatic heterocycles. The zero-order valence-electron chi connectivity index (χ0n) is 23.4. The maximum Gasteiger partial charge on any atom is 0.244 e. The van der Waals surface area contributed by atoms with E-state index in [1.54, 1.807) is 32.9 Å². The standard InChI is InChI=1S/C16H17NO2S.C15H17Br2NO3S/c1-12-6-8-13(9-7-12)20(18,19)17-14-4-2-10-16(14)11-3-5-15(16)17;1-8-2-4-9(5-3-8)22(19,20)18-10-6-12-15(17)11(18)7-13(21-12)14(10)16/h2-9,14-15H,10-11H2,1H3;2-5,10-15H,6-7H2,1H3. The monoisotopic (exact) mass is 736 g/mol. The van der Waals surface area contributed by atoms with E-state index in [2.05, 4.69) is 56.2 Å². The third-order valence-electron chi connectivity index (χ3n) is 9.95. The minimum atomic E-state index is -3.49. The largest absolute Gasteiger partial charge is 0.372 e. The van der Waals surface area contributed by atoms with Crippen molar-refractivity contribution >= 4 is 51.9 Å². The smallest absolute Gasteiger partial charge is 0.244 e. The second kappa shape index (κ2) is 10.4. The molecule has 0 radical (unpaired) electrons. The highest BCUT2D eigenvalue weighted by atomic mass is 79.9. The molecule has 8 unspecified atom stereocenters. The van der Waals surface area contributed by atoms with Gasteiger partial charge in [-0.3, -0.25) is 0 Å². The zero-order valence-corrected chi connectivity index (χ0v) is 28.2. The predicted octanol–water partition coefficient (Wildman–Crippen LogP) is 5.47. The van der Waals surface area contributed by atoms with Gasteiger partial charge in [-0.1, -0.05) is 91.6 Å². The van der Waals surface area contributed by atoms with Crippen molar-refractivity contribution in [2.45, 2.75) is 95.4 Å². The number of hydrogen-bond donors (Lipinski definition) is 0. The lowest BCUT2D eigenvalue weighted by Gasteiger charge is -2.59. The van der Waals surface area contributed by atoms with Gasteiger partial charge >= 0.3 is 0 Å². The van der Waals surface area contributed by atoms with Gasteiger partial charge in [-0.2, -0.15) is 8.61 Å². The van der Waals surface area contributed by atoms with Gasteiger partial charge in [-0.25, -0.2) is 16.8 Å². The molecule has 7 nitrogen and oxygen atoms in total. The molecule has 5 saturated heterocycles. The summed E-state index contributed by atoms with van der Waals surface area (Å²) in [5.41, 5.74) is 2.25. The van der Waals surface area contributed by atoms with E-state index >= 15 is 0 Å². The summed E-state index contributed by atoms with van der Waals surface area (Å²) in [6, 6.07) is 14.3. The molecule has 42 heavy (non-hydrogen) atoms. The van der Waals surface area contributed by atoms with Crippen molar-refractivity contribution in [1.29, 1.82) is 0 Å². The Morgan fingerprint density at radius 3 is 1.52 bits per heavy atom. The van der Waals surface area contributed by atoms with E-state index in [1.165, 1.54) is 0 Å². The number of allylic oxidation sites excluding steroid dienone is 2. The first-order chi connectivity index (χ1) is 19.9. The Morgan fingerprint density at radius 1 is 0.690 bits per heavy atom. The first kappa shape index (κ1) is 29.4. The van der Waals surface area contributed by atoms with E-state index in [0.29, 0.717) is 9.79 Å². The summed E-state index contributed by atoms with van der Waals surface area (Å²) >= 11 is 7.34. The average molecular weight is 739 g/mol. The number of rotatable bonds is 4. The molecule has 224 valence electrons. The Labute approximate surface area is 265 Å². The van der Waals surface area contributed by atoms with Crippen molar-refractivity contribution in [1.82, 2.24) is 8.61 Å². The van der Waals surface area contributed by atoms with Crippen molar-refractivity contribution in [2.24, 2.45) is 5.41 Å². The highest BCUT2D eigenvalue weighted by Crippen LogP contribution is 2.59. The number of alkyl halides is 2. The van der Waals surface area contributed by atoms with Gasteiger partial charge in [0.15, 0.2) is 0 Å². The average Bonchev–Trinajstić information content (AvgIpc) is 3.47. The maximum absolute atomic E-state index is 13.2. The lowest BCUT2D eigenvalue weighted by atomic mass is 9.69. The van der Waals surface area contributed by atoms with Gasteiger partial charge < -0.3 is 4.74 Å². The Morgan fingerprint density at radius 2 is 1.10 bits per heavy atom. The van der Waals surface area contributed by atoms with Crippen LogP contribution in [-0.4, -0.2) is 71.5 Å². The molecular weight excluding hydrogens is 704 g/mol. The van der Waals surface area contributed by atoms with Crippen LogP contribution in [0.1, 0.15) is 36.8 Å². The van der Waals surface area contributed by atoms with Crippen LogP contribution in [0, 0.1) is 19.3 Å². The number of piperidine rings is 2. The summed E-state index contributed by atoms with van der Waals surface area (Å²) < 4.78 is 61.5. The molecule has 11 heteroatoms. The maximum atomic E-state index is 13.2. The molecule has 0 amide bonds. The molecule has 8 atom stereocenters. The van der Waals surface area contributed by atoms with Crippen molar-refractivity contribution in [2.75, 3.05) is 0 Å². The summed E-state index contributed by atoms with van der Waals surface area (Å²) in [6.45, 7) is 3.92. The highest BCUT2D eigenvalue weighted by Gasteiger charge is 2.65. The molecule has 2 aromatic carbocycles. The van der Waals surface area contributed by atoms with E-state index in [1.807, 2.05) is 38.1 Å². The summed E-state index contributed by atoms with van der Waals surface area (Å²) in [5.74, 6) is 0. The van der Waals surface area contributed by atoms with Crippen LogP contribution in [0.15, 0.2) is 82.6 Å². The number of nitrogens with zero attached hydrogens (tertiary/aromatic N) is 2. The Balaban J connectivity index is 0.000000138. The molecule has 2 aromatic rings. The minimum Gasteiger partial charge on any atom is -0.372 e. The molecule has 1 spiro atoms. The number of sulfonamides is 2. The molecule has 5 heterocycles. The van der Waals surface area contributed by atoms with Crippen LogP contribution in [0.25, 0.3) is 0 Å². The topological polar surface area (TPSA) is 84.0 Å². The van der Waals surface area contributed by atoms with E-state index in [-0.39, 0.29) is 51.4 Å². The quantitative estimate of drug-likeness (QED) is 0.307. The van der Waals surface area contributed by atoms with Gasteiger partial charge in [-0.15, -0.1) is 0 Å². The number of halogens is 2. The van der Waals surface area contributed by atoms with Crippen molar-refractivity contribution in [3.8, 4) is 0 Å². The fraction of sp³-hybridized carbons (Fsp3) is 0.484. The normalized spacial score (nSPS) is 38.1. The number of ether oxygens (including phenoxy) is 1.